The van der Waals surface area contributed by atoms with E-state index in [0.29, 0.717) is 5.02 Å². The standard InChI is InChI=1S/C19H18ClNO3S/c1-13-3-9-16(10-4-13)25(22,23)18-17(19(18,11-21)12-24-2)14-5-7-15(20)8-6-14/h3-10,17-18H,12H2,1-2H3/t17-,18-,19-/m1/s1. The molecule has 1 aliphatic carbocycles. The lowest BCUT2D eigenvalue weighted by molar-refractivity contribution is 0.162. The summed E-state index contributed by atoms with van der Waals surface area (Å²) in [6.45, 7) is 1.96. The van der Waals surface area contributed by atoms with Crippen LogP contribution in [0.5, 0.6) is 0 Å². The van der Waals surface area contributed by atoms with Gasteiger partial charge in [0.2, 0.25) is 0 Å². The summed E-state index contributed by atoms with van der Waals surface area (Å²) < 4.78 is 31.5. The van der Waals surface area contributed by atoms with Crippen LogP contribution in [0.1, 0.15) is 17.0 Å². The summed E-state index contributed by atoms with van der Waals surface area (Å²) in [7, 11) is -2.19. The second-order valence-electron chi connectivity index (χ2n) is 6.39. The first-order chi connectivity index (χ1) is 11.9. The molecule has 2 aromatic carbocycles. The molecule has 0 aliphatic heterocycles. The zero-order chi connectivity index (χ0) is 18.2. The molecular weight excluding hydrogens is 358 g/mol. The van der Waals surface area contributed by atoms with Crippen molar-refractivity contribution in [1.29, 1.82) is 5.26 Å². The van der Waals surface area contributed by atoms with Crippen molar-refractivity contribution in [3.8, 4) is 6.07 Å². The Morgan fingerprint density at radius 1 is 1.16 bits per heavy atom. The predicted octanol–water partition coefficient (Wildman–Crippen LogP) is 3.74. The van der Waals surface area contributed by atoms with Gasteiger partial charge in [-0.2, -0.15) is 5.26 Å². The van der Waals surface area contributed by atoms with E-state index in [-0.39, 0.29) is 11.5 Å². The van der Waals surface area contributed by atoms with Crippen LogP contribution in [0.15, 0.2) is 53.4 Å². The van der Waals surface area contributed by atoms with Crippen molar-refractivity contribution in [2.75, 3.05) is 13.7 Å². The van der Waals surface area contributed by atoms with Crippen LogP contribution in [-0.2, 0) is 14.6 Å². The number of halogens is 1. The Morgan fingerprint density at radius 2 is 1.76 bits per heavy atom. The molecule has 3 atom stereocenters. The van der Waals surface area contributed by atoms with Gasteiger partial charge in [-0.25, -0.2) is 8.42 Å². The fourth-order valence-corrected chi connectivity index (χ4v) is 5.89. The molecule has 0 saturated heterocycles. The van der Waals surface area contributed by atoms with Gasteiger partial charge in [0.15, 0.2) is 9.84 Å². The fourth-order valence-electron chi connectivity index (χ4n) is 3.45. The summed E-state index contributed by atoms with van der Waals surface area (Å²) in [4.78, 5) is 0.232. The van der Waals surface area contributed by atoms with Crippen LogP contribution in [0.3, 0.4) is 0 Å². The molecule has 0 bridgehead atoms. The summed E-state index contributed by atoms with van der Waals surface area (Å²) in [5.41, 5.74) is 0.669. The van der Waals surface area contributed by atoms with Gasteiger partial charge in [-0.1, -0.05) is 41.4 Å². The fraction of sp³-hybridized carbons (Fsp3) is 0.316. The van der Waals surface area contributed by atoms with E-state index in [2.05, 4.69) is 6.07 Å². The molecule has 130 valence electrons. The van der Waals surface area contributed by atoms with Gasteiger partial charge in [0.1, 0.15) is 5.41 Å². The SMILES string of the molecule is COC[C@]1(C#N)[C@H](c2ccc(Cl)cc2)[C@H]1S(=O)(=O)c1ccc(C)cc1. The molecule has 0 heterocycles. The third-order valence-corrected chi connectivity index (χ3v) is 7.30. The minimum atomic E-state index is -3.67. The first kappa shape index (κ1) is 17.9. The summed E-state index contributed by atoms with van der Waals surface area (Å²) in [5.74, 6) is -0.444. The highest BCUT2D eigenvalue weighted by Gasteiger charge is 2.72. The Bertz CT molecular complexity index is 917. The summed E-state index contributed by atoms with van der Waals surface area (Å²) in [5, 5.41) is 9.51. The molecular formula is C19H18ClNO3S. The first-order valence-electron chi connectivity index (χ1n) is 7.83. The lowest BCUT2D eigenvalue weighted by Gasteiger charge is -2.08. The highest BCUT2D eigenvalue weighted by atomic mass is 35.5. The number of methoxy groups -OCH3 is 1. The topological polar surface area (TPSA) is 67.2 Å². The molecule has 6 heteroatoms. The zero-order valence-electron chi connectivity index (χ0n) is 13.9. The van der Waals surface area contributed by atoms with E-state index in [9.17, 15) is 13.7 Å². The molecule has 0 radical (unpaired) electrons. The van der Waals surface area contributed by atoms with E-state index < -0.39 is 26.4 Å². The van der Waals surface area contributed by atoms with Gasteiger partial charge in [-0.05, 0) is 36.8 Å². The number of hydrogen-bond acceptors (Lipinski definition) is 4. The molecule has 3 rings (SSSR count). The van der Waals surface area contributed by atoms with Gasteiger partial charge >= 0.3 is 0 Å². The Labute approximate surface area is 152 Å². The molecule has 0 aromatic heterocycles. The minimum Gasteiger partial charge on any atom is -0.383 e. The average molecular weight is 376 g/mol. The molecule has 2 aromatic rings. The van der Waals surface area contributed by atoms with Crippen LogP contribution in [0.2, 0.25) is 5.02 Å². The number of benzene rings is 2. The van der Waals surface area contributed by atoms with Crippen molar-refractivity contribution >= 4 is 21.4 Å². The van der Waals surface area contributed by atoms with Crippen LogP contribution in [-0.4, -0.2) is 27.4 Å². The average Bonchev–Trinajstić information content (AvgIpc) is 3.26. The van der Waals surface area contributed by atoms with E-state index in [1.807, 2.05) is 6.92 Å². The highest BCUT2D eigenvalue weighted by Crippen LogP contribution is 2.63. The molecule has 0 spiro atoms. The van der Waals surface area contributed by atoms with E-state index in [0.717, 1.165) is 11.1 Å². The molecule has 0 unspecified atom stereocenters. The second kappa shape index (κ2) is 6.45. The third-order valence-electron chi connectivity index (χ3n) is 4.76. The van der Waals surface area contributed by atoms with Crippen molar-refractivity contribution in [3.05, 3.63) is 64.7 Å². The Balaban J connectivity index is 2.07. The lowest BCUT2D eigenvalue weighted by atomic mass is 10.0. The van der Waals surface area contributed by atoms with Crippen molar-refractivity contribution in [2.45, 2.75) is 23.0 Å². The van der Waals surface area contributed by atoms with Gasteiger partial charge in [0, 0.05) is 18.1 Å². The summed E-state index contributed by atoms with van der Waals surface area (Å²) in [6.07, 6.45) is 0. The number of rotatable bonds is 5. The Hall–Kier alpha value is -1.87. The van der Waals surface area contributed by atoms with Gasteiger partial charge in [-0.3, -0.25) is 0 Å². The maximum absolute atomic E-state index is 13.2. The van der Waals surface area contributed by atoms with Gasteiger partial charge in [0.05, 0.1) is 22.8 Å². The maximum Gasteiger partial charge on any atom is 0.183 e. The summed E-state index contributed by atoms with van der Waals surface area (Å²) >= 11 is 5.93. The van der Waals surface area contributed by atoms with Crippen molar-refractivity contribution < 1.29 is 13.2 Å². The molecule has 1 saturated carbocycles. The van der Waals surface area contributed by atoms with E-state index in [1.54, 1.807) is 48.5 Å². The Morgan fingerprint density at radius 3 is 2.28 bits per heavy atom. The highest BCUT2D eigenvalue weighted by molar-refractivity contribution is 7.92. The van der Waals surface area contributed by atoms with Gasteiger partial charge < -0.3 is 4.74 Å². The molecule has 1 aliphatic rings. The molecule has 1 fully saturated rings. The zero-order valence-corrected chi connectivity index (χ0v) is 15.5. The monoisotopic (exact) mass is 375 g/mol. The number of nitriles is 1. The quantitative estimate of drug-likeness (QED) is 0.798. The third kappa shape index (κ3) is 2.95. The molecule has 0 amide bonds. The Kier molecular flexibility index (Phi) is 4.63. The molecule has 0 N–H and O–H groups in total. The molecule has 4 nitrogen and oxygen atoms in total. The lowest BCUT2D eigenvalue weighted by Crippen LogP contribution is -2.19. The van der Waals surface area contributed by atoms with Crippen LogP contribution >= 0.6 is 11.6 Å². The van der Waals surface area contributed by atoms with Crippen LogP contribution in [0.25, 0.3) is 0 Å². The number of nitrogens with zero attached hydrogens (tertiary/aromatic N) is 1. The summed E-state index contributed by atoms with van der Waals surface area (Å²) in [6, 6.07) is 15.9. The smallest absolute Gasteiger partial charge is 0.183 e. The van der Waals surface area contributed by atoms with E-state index in [1.165, 1.54) is 7.11 Å². The maximum atomic E-state index is 13.2. The minimum absolute atomic E-state index is 0.0621. The number of sulfone groups is 1. The van der Waals surface area contributed by atoms with Crippen molar-refractivity contribution in [3.63, 3.8) is 0 Å². The van der Waals surface area contributed by atoms with Crippen LogP contribution in [0.4, 0.5) is 0 Å². The largest absolute Gasteiger partial charge is 0.383 e. The van der Waals surface area contributed by atoms with E-state index in [4.69, 9.17) is 16.3 Å². The normalized spacial score (nSPS) is 25.4. The van der Waals surface area contributed by atoms with Crippen molar-refractivity contribution in [2.24, 2.45) is 5.41 Å². The van der Waals surface area contributed by atoms with E-state index >= 15 is 0 Å². The van der Waals surface area contributed by atoms with Crippen LogP contribution < -0.4 is 0 Å². The van der Waals surface area contributed by atoms with Gasteiger partial charge in [0.25, 0.3) is 0 Å². The molecule has 25 heavy (non-hydrogen) atoms. The second-order valence-corrected chi connectivity index (χ2v) is 8.90. The first-order valence-corrected chi connectivity index (χ1v) is 9.75. The number of aryl methyl sites for hydroxylation is 1. The van der Waals surface area contributed by atoms with Gasteiger partial charge in [-0.15, -0.1) is 0 Å². The van der Waals surface area contributed by atoms with Crippen molar-refractivity contribution in [1.82, 2.24) is 0 Å². The number of hydrogen-bond donors (Lipinski definition) is 0. The number of ether oxygens (including phenoxy) is 1. The predicted molar refractivity (Wildman–Crippen MR) is 96.3 cm³/mol. The van der Waals surface area contributed by atoms with Crippen LogP contribution in [0, 0.1) is 23.7 Å².